The molecule has 5 heteroatoms. The number of aliphatic hydroxyl groups excluding tert-OH is 1. The van der Waals surface area contributed by atoms with Crippen molar-refractivity contribution in [3.8, 4) is 0 Å². The van der Waals surface area contributed by atoms with Crippen LogP contribution in [0.15, 0.2) is 18.2 Å². The predicted molar refractivity (Wildman–Crippen MR) is 89.3 cm³/mol. The first kappa shape index (κ1) is 15.2. The standard InChI is InChI=1S/C16H21ClN2OS/c1-11(16(6-9-20)4-7-18-8-5-16)15-19-13-3-2-12(17)10-14(13)21-15/h2-3,10-11,18,20H,4-9H2,1H3. The Kier molecular flexibility index (Phi) is 4.50. The normalized spacial score (nSPS) is 19.8. The quantitative estimate of drug-likeness (QED) is 0.899. The largest absolute Gasteiger partial charge is 0.396 e. The van der Waals surface area contributed by atoms with Crippen LogP contribution in [0.25, 0.3) is 10.2 Å². The van der Waals surface area contributed by atoms with E-state index in [1.54, 1.807) is 11.3 Å². The van der Waals surface area contributed by atoms with Crippen LogP contribution < -0.4 is 5.32 Å². The van der Waals surface area contributed by atoms with Gasteiger partial charge in [-0.2, -0.15) is 0 Å². The van der Waals surface area contributed by atoms with Crippen LogP contribution >= 0.6 is 22.9 Å². The maximum Gasteiger partial charge on any atom is 0.0972 e. The number of piperidine rings is 1. The smallest absolute Gasteiger partial charge is 0.0972 e. The molecule has 1 aliphatic heterocycles. The van der Waals surface area contributed by atoms with E-state index in [0.717, 1.165) is 47.6 Å². The summed E-state index contributed by atoms with van der Waals surface area (Å²) in [6, 6.07) is 5.88. The van der Waals surface area contributed by atoms with E-state index < -0.39 is 0 Å². The lowest BCUT2D eigenvalue weighted by molar-refractivity contribution is 0.110. The minimum Gasteiger partial charge on any atom is -0.396 e. The zero-order valence-corrected chi connectivity index (χ0v) is 13.8. The maximum absolute atomic E-state index is 9.50. The lowest BCUT2D eigenvalue weighted by Crippen LogP contribution is -2.40. The second-order valence-electron chi connectivity index (χ2n) is 5.97. The minimum absolute atomic E-state index is 0.164. The van der Waals surface area contributed by atoms with Crippen LogP contribution in [0, 0.1) is 5.41 Å². The third-order valence-electron chi connectivity index (χ3n) is 4.87. The van der Waals surface area contributed by atoms with Gasteiger partial charge in [-0.3, -0.25) is 0 Å². The summed E-state index contributed by atoms with van der Waals surface area (Å²) in [7, 11) is 0. The van der Waals surface area contributed by atoms with E-state index in [9.17, 15) is 5.11 Å². The number of aromatic nitrogens is 1. The van der Waals surface area contributed by atoms with E-state index in [1.165, 1.54) is 5.01 Å². The number of hydrogen-bond donors (Lipinski definition) is 2. The Morgan fingerprint density at radius 1 is 1.43 bits per heavy atom. The molecule has 2 N–H and O–H groups in total. The molecule has 2 aromatic rings. The SMILES string of the molecule is CC(c1nc2ccc(Cl)cc2s1)C1(CCO)CCNCC1. The Labute approximate surface area is 134 Å². The Bertz CT molecular complexity index is 616. The molecule has 0 saturated carbocycles. The van der Waals surface area contributed by atoms with Crippen molar-refractivity contribution in [1.82, 2.24) is 10.3 Å². The molecule has 114 valence electrons. The summed E-state index contributed by atoms with van der Waals surface area (Å²) in [5, 5.41) is 14.9. The third-order valence-corrected chi connectivity index (χ3v) is 6.30. The summed E-state index contributed by atoms with van der Waals surface area (Å²) in [6.45, 7) is 4.57. The summed E-state index contributed by atoms with van der Waals surface area (Å²) < 4.78 is 1.15. The van der Waals surface area contributed by atoms with Crippen LogP contribution in [0.5, 0.6) is 0 Å². The predicted octanol–water partition coefficient (Wildman–Crippen LogP) is 3.81. The number of nitrogens with zero attached hydrogens (tertiary/aromatic N) is 1. The Balaban J connectivity index is 1.95. The van der Waals surface area contributed by atoms with E-state index in [2.05, 4.69) is 12.2 Å². The van der Waals surface area contributed by atoms with Crippen molar-refractivity contribution in [2.24, 2.45) is 5.41 Å². The Morgan fingerprint density at radius 3 is 2.90 bits per heavy atom. The average Bonchev–Trinajstić information content (AvgIpc) is 2.90. The minimum atomic E-state index is 0.164. The molecule has 0 bridgehead atoms. The number of fused-ring (bicyclic) bond motifs is 1. The molecule has 3 nitrogen and oxygen atoms in total. The van der Waals surface area contributed by atoms with Gasteiger partial charge in [-0.15, -0.1) is 11.3 Å². The van der Waals surface area contributed by atoms with Crippen molar-refractivity contribution < 1.29 is 5.11 Å². The number of nitrogens with one attached hydrogen (secondary N) is 1. The molecule has 3 rings (SSSR count). The topological polar surface area (TPSA) is 45.2 Å². The van der Waals surface area contributed by atoms with Gasteiger partial charge in [-0.1, -0.05) is 18.5 Å². The summed E-state index contributed by atoms with van der Waals surface area (Å²) in [4.78, 5) is 4.81. The van der Waals surface area contributed by atoms with Gasteiger partial charge in [-0.25, -0.2) is 4.98 Å². The van der Waals surface area contributed by atoms with E-state index in [0.29, 0.717) is 5.92 Å². The van der Waals surface area contributed by atoms with Gasteiger partial charge in [0.05, 0.1) is 15.2 Å². The van der Waals surface area contributed by atoms with Gasteiger partial charge in [0, 0.05) is 17.5 Å². The molecule has 1 saturated heterocycles. The molecular formula is C16H21ClN2OS. The van der Waals surface area contributed by atoms with Gasteiger partial charge in [0.1, 0.15) is 0 Å². The number of hydrogen-bond acceptors (Lipinski definition) is 4. The second-order valence-corrected chi connectivity index (χ2v) is 7.47. The van der Waals surface area contributed by atoms with E-state index in [4.69, 9.17) is 16.6 Å². The van der Waals surface area contributed by atoms with Gasteiger partial charge >= 0.3 is 0 Å². The van der Waals surface area contributed by atoms with Gasteiger partial charge in [-0.05, 0) is 56.0 Å². The highest BCUT2D eigenvalue weighted by Gasteiger charge is 2.39. The molecule has 1 atom stereocenters. The molecule has 1 aliphatic rings. The lowest BCUT2D eigenvalue weighted by Gasteiger charge is -2.41. The number of thiazole rings is 1. The number of rotatable bonds is 4. The molecule has 21 heavy (non-hydrogen) atoms. The fraction of sp³-hybridized carbons (Fsp3) is 0.562. The summed E-state index contributed by atoms with van der Waals surface area (Å²) in [5.74, 6) is 0.364. The van der Waals surface area contributed by atoms with Gasteiger partial charge in [0.15, 0.2) is 0 Å². The number of halogens is 1. The van der Waals surface area contributed by atoms with Crippen LogP contribution in [0.3, 0.4) is 0 Å². The highest BCUT2D eigenvalue weighted by atomic mass is 35.5. The van der Waals surface area contributed by atoms with Crippen molar-refractivity contribution >= 4 is 33.2 Å². The molecule has 1 unspecified atom stereocenters. The van der Waals surface area contributed by atoms with Crippen molar-refractivity contribution in [2.75, 3.05) is 19.7 Å². The molecule has 2 heterocycles. The molecule has 0 aliphatic carbocycles. The van der Waals surface area contributed by atoms with Crippen LogP contribution in [-0.4, -0.2) is 29.8 Å². The van der Waals surface area contributed by atoms with E-state index >= 15 is 0 Å². The molecule has 1 fully saturated rings. The highest BCUT2D eigenvalue weighted by Crippen LogP contribution is 2.47. The first-order valence-corrected chi connectivity index (χ1v) is 8.72. The molecule has 0 amide bonds. The van der Waals surface area contributed by atoms with Crippen molar-refractivity contribution in [3.63, 3.8) is 0 Å². The van der Waals surface area contributed by atoms with Crippen molar-refractivity contribution in [2.45, 2.75) is 32.1 Å². The van der Waals surface area contributed by atoms with Crippen LogP contribution in [0.1, 0.15) is 37.1 Å². The number of aliphatic hydroxyl groups is 1. The fourth-order valence-electron chi connectivity index (χ4n) is 3.41. The molecule has 1 aromatic heterocycles. The van der Waals surface area contributed by atoms with Crippen LogP contribution in [0.4, 0.5) is 0 Å². The fourth-order valence-corrected chi connectivity index (χ4v) is 4.85. The van der Waals surface area contributed by atoms with Gasteiger partial charge < -0.3 is 10.4 Å². The Hall–Kier alpha value is -0.680. The van der Waals surface area contributed by atoms with Crippen molar-refractivity contribution in [3.05, 3.63) is 28.2 Å². The third kappa shape index (κ3) is 2.95. The molecular weight excluding hydrogens is 304 g/mol. The first-order chi connectivity index (χ1) is 10.1. The zero-order chi connectivity index (χ0) is 14.9. The maximum atomic E-state index is 9.50. The molecule has 0 spiro atoms. The Morgan fingerprint density at radius 2 is 2.19 bits per heavy atom. The van der Waals surface area contributed by atoms with E-state index in [1.807, 2.05) is 18.2 Å². The van der Waals surface area contributed by atoms with E-state index in [-0.39, 0.29) is 12.0 Å². The summed E-state index contributed by atoms with van der Waals surface area (Å²) in [5.41, 5.74) is 1.19. The van der Waals surface area contributed by atoms with Crippen LogP contribution in [0.2, 0.25) is 5.02 Å². The molecule has 1 aromatic carbocycles. The van der Waals surface area contributed by atoms with Crippen molar-refractivity contribution in [1.29, 1.82) is 0 Å². The summed E-state index contributed by atoms with van der Waals surface area (Å²) >= 11 is 7.81. The zero-order valence-electron chi connectivity index (χ0n) is 12.2. The van der Waals surface area contributed by atoms with Gasteiger partial charge in [0.2, 0.25) is 0 Å². The monoisotopic (exact) mass is 324 g/mol. The second kappa shape index (κ2) is 6.21. The van der Waals surface area contributed by atoms with Crippen LogP contribution in [-0.2, 0) is 0 Å². The first-order valence-electron chi connectivity index (χ1n) is 7.52. The highest BCUT2D eigenvalue weighted by molar-refractivity contribution is 7.18. The lowest BCUT2D eigenvalue weighted by atomic mass is 9.68. The number of benzene rings is 1. The summed E-state index contributed by atoms with van der Waals surface area (Å²) in [6.07, 6.45) is 3.06. The molecule has 0 radical (unpaired) electrons. The van der Waals surface area contributed by atoms with Gasteiger partial charge in [0.25, 0.3) is 0 Å². The average molecular weight is 325 g/mol.